The normalized spacial score (nSPS) is 22.0. The second-order valence-corrected chi connectivity index (χ2v) is 6.32. The molecule has 0 radical (unpaired) electrons. The van der Waals surface area contributed by atoms with Gasteiger partial charge in [-0.3, -0.25) is 14.4 Å². The Bertz CT molecular complexity index is 613. The van der Waals surface area contributed by atoms with Gasteiger partial charge in [0.2, 0.25) is 11.8 Å². The maximum absolute atomic E-state index is 12.7. The molecule has 0 aromatic carbocycles. The van der Waals surface area contributed by atoms with E-state index in [0.29, 0.717) is 51.3 Å². The third-order valence-corrected chi connectivity index (χ3v) is 4.81. The van der Waals surface area contributed by atoms with E-state index in [2.05, 4.69) is 0 Å². The maximum Gasteiger partial charge on any atom is 0.257 e. The predicted octanol–water partition coefficient (Wildman–Crippen LogP) is 0.823. The van der Waals surface area contributed by atoms with E-state index in [1.54, 1.807) is 20.8 Å². The number of carbonyl (C=O) groups is 3. The van der Waals surface area contributed by atoms with Crippen molar-refractivity contribution in [2.75, 3.05) is 39.3 Å². The molecule has 0 spiro atoms. The predicted molar refractivity (Wildman–Crippen MR) is 86.2 cm³/mol. The average Bonchev–Trinajstić information content (AvgIpc) is 3.17. The minimum absolute atomic E-state index is 0.0388. The maximum atomic E-state index is 12.7. The Hall–Kier alpha value is -2.31. The lowest BCUT2D eigenvalue weighted by molar-refractivity contribution is -0.135. The first-order chi connectivity index (χ1) is 11.6. The van der Waals surface area contributed by atoms with Crippen molar-refractivity contribution < 1.29 is 18.8 Å². The average molecular weight is 333 g/mol. The summed E-state index contributed by atoms with van der Waals surface area (Å²) >= 11 is 0. The molecule has 3 rings (SSSR count). The van der Waals surface area contributed by atoms with Crippen LogP contribution in [0.3, 0.4) is 0 Å². The molecule has 130 valence electrons. The van der Waals surface area contributed by atoms with Gasteiger partial charge >= 0.3 is 0 Å². The number of hydrogen-bond donors (Lipinski definition) is 0. The number of nitrogens with zero attached hydrogens (tertiary/aromatic N) is 3. The monoisotopic (exact) mass is 333 g/mol. The molecule has 0 unspecified atom stereocenters. The summed E-state index contributed by atoms with van der Waals surface area (Å²) in [6.45, 7) is 5.37. The highest BCUT2D eigenvalue weighted by molar-refractivity contribution is 5.94. The highest BCUT2D eigenvalue weighted by Crippen LogP contribution is 2.21. The van der Waals surface area contributed by atoms with E-state index < -0.39 is 0 Å². The van der Waals surface area contributed by atoms with Gasteiger partial charge in [0, 0.05) is 45.7 Å². The van der Waals surface area contributed by atoms with Gasteiger partial charge in [0.25, 0.3) is 5.91 Å². The van der Waals surface area contributed by atoms with Crippen molar-refractivity contribution in [3.63, 3.8) is 0 Å². The summed E-state index contributed by atoms with van der Waals surface area (Å²) in [5.74, 6) is -0.209. The summed E-state index contributed by atoms with van der Waals surface area (Å²) in [5, 5.41) is 0. The van der Waals surface area contributed by atoms with Gasteiger partial charge in [0.1, 0.15) is 6.26 Å². The highest BCUT2D eigenvalue weighted by atomic mass is 16.3. The lowest BCUT2D eigenvalue weighted by atomic mass is 10.1. The third kappa shape index (κ3) is 3.29. The van der Waals surface area contributed by atoms with E-state index in [0.717, 1.165) is 6.42 Å². The van der Waals surface area contributed by atoms with E-state index in [9.17, 15) is 14.4 Å². The van der Waals surface area contributed by atoms with Crippen LogP contribution >= 0.6 is 0 Å². The first kappa shape index (κ1) is 16.5. The van der Waals surface area contributed by atoms with Gasteiger partial charge in [-0.05, 0) is 19.4 Å². The van der Waals surface area contributed by atoms with E-state index in [4.69, 9.17) is 4.42 Å². The molecule has 2 fully saturated rings. The van der Waals surface area contributed by atoms with E-state index in [-0.39, 0.29) is 23.6 Å². The molecule has 1 aromatic rings. The van der Waals surface area contributed by atoms with Crippen LogP contribution in [0.1, 0.15) is 30.1 Å². The molecule has 7 heteroatoms. The summed E-state index contributed by atoms with van der Waals surface area (Å²) in [4.78, 5) is 42.2. The zero-order valence-electron chi connectivity index (χ0n) is 13.9. The van der Waals surface area contributed by atoms with Crippen molar-refractivity contribution in [1.29, 1.82) is 0 Å². The van der Waals surface area contributed by atoms with Crippen LogP contribution in [0.5, 0.6) is 0 Å². The van der Waals surface area contributed by atoms with Crippen LogP contribution in [0, 0.1) is 5.92 Å². The van der Waals surface area contributed by atoms with Gasteiger partial charge in [-0.2, -0.15) is 0 Å². The first-order valence-corrected chi connectivity index (χ1v) is 8.48. The van der Waals surface area contributed by atoms with Crippen molar-refractivity contribution in [2.45, 2.75) is 19.8 Å². The van der Waals surface area contributed by atoms with E-state index in [1.165, 1.54) is 12.5 Å². The number of rotatable bonds is 3. The fraction of sp³-hybridized carbons (Fsp3) is 0.588. The Morgan fingerprint density at radius 2 is 1.96 bits per heavy atom. The Morgan fingerprint density at radius 3 is 2.62 bits per heavy atom. The molecule has 7 nitrogen and oxygen atoms in total. The van der Waals surface area contributed by atoms with Crippen LogP contribution in [0.15, 0.2) is 23.0 Å². The fourth-order valence-corrected chi connectivity index (χ4v) is 3.41. The van der Waals surface area contributed by atoms with Gasteiger partial charge in [-0.25, -0.2) is 0 Å². The molecule has 0 aliphatic carbocycles. The molecule has 2 saturated heterocycles. The third-order valence-electron chi connectivity index (χ3n) is 4.81. The lowest BCUT2D eigenvalue weighted by Gasteiger charge is -2.24. The Balaban J connectivity index is 1.58. The molecule has 24 heavy (non-hydrogen) atoms. The summed E-state index contributed by atoms with van der Waals surface area (Å²) in [7, 11) is 0. The summed E-state index contributed by atoms with van der Waals surface area (Å²) in [6, 6.07) is 1.65. The van der Waals surface area contributed by atoms with E-state index >= 15 is 0 Å². The van der Waals surface area contributed by atoms with Gasteiger partial charge in [0.15, 0.2) is 0 Å². The molecule has 1 aromatic heterocycles. The van der Waals surface area contributed by atoms with Crippen molar-refractivity contribution >= 4 is 17.7 Å². The number of likely N-dealkylation sites (tertiary alicyclic amines) is 1. The summed E-state index contributed by atoms with van der Waals surface area (Å²) < 4.78 is 4.97. The Kier molecular flexibility index (Phi) is 4.87. The van der Waals surface area contributed by atoms with E-state index in [1.807, 2.05) is 6.92 Å². The molecule has 0 saturated carbocycles. The largest absolute Gasteiger partial charge is 0.472 e. The van der Waals surface area contributed by atoms with Crippen LogP contribution < -0.4 is 0 Å². The smallest absolute Gasteiger partial charge is 0.257 e. The number of furan rings is 1. The van der Waals surface area contributed by atoms with Crippen LogP contribution in [-0.2, 0) is 9.59 Å². The molecular weight excluding hydrogens is 310 g/mol. The zero-order chi connectivity index (χ0) is 17.1. The van der Waals surface area contributed by atoms with Crippen LogP contribution in [-0.4, -0.2) is 71.7 Å². The second kappa shape index (κ2) is 7.07. The lowest BCUT2D eigenvalue weighted by Crippen LogP contribution is -2.40. The SMILES string of the molecule is CCN1C[C@H](C(=O)N2CCCN(C(=O)c3ccoc3)CC2)CC1=O. The standard InChI is InChI=1S/C17H23N3O4/c1-2-18-11-14(10-15(18)21)17(23)20-6-3-5-19(7-8-20)16(22)13-4-9-24-12-13/h4,9,12,14H,2-3,5-8,10-11H2,1H3/t14-/m1/s1. The van der Waals surface area contributed by atoms with Crippen molar-refractivity contribution in [1.82, 2.24) is 14.7 Å². The second-order valence-electron chi connectivity index (χ2n) is 6.32. The molecule has 2 aliphatic heterocycles. The Labute approximate surface area is 141 Å². The van der Waals surface area contributed by atoms with Crippen molar-refractivity contribution in [3.8, 4) is 0 Å². The summed E-state index contributed by atoms with van der Waals surface area (Å²) in [6.07, 6.45) is 3.98. The summed E-state index contributed by atoms with van der Waals surface area (Å²) in [5.41, 5.74) is 0.537. The highest BCUT2D eigenvalue weighted by Gasteiger charge is 2.36. The molecule has 3 amide bonds. The topological polar surface area (TPSA) is 74.1 Å². The number of amides is 3. The number of hydrogen-bond acceptors (Lipinski definition) is 4. The Morgan fingerprint density at radius 1 is 1.21 bits per heavy atom. The quantitative estimate of drug-likeness (QED) is 0.821. The minimum atomic E-state index is -0.242. The van der Waals surface area contributed by atoms with Gasteiger partial charge in [-0.1, -0.05) is 0 Å². The van der Waals surface area contributed by atoms with Gasteiger partial charge in [0.05, 0.1) is 17.7 Å². The number of carbonyl (C=O) groups excluding carboxylic acids is 3. The van der Waals surface area contributed by atoms with Crippen LogP contribution in [0.25, 0.3) is 0 Å². The van der Waals surface area contributed by atoms with Crippen molar-refractivity contribution in [2.24, 2.45) is 5.92 Å². The van der Waals surface area contributed by atoms with Gasteiger partial charge in [-0.15, -0.1) is 0 Å². The van der Waals surface area contributed by atoms with Crippen molar-refractivity contribution in [3.05, 3.63) is 24.2 Å². The first-order valence-electron chi connectivity index (χ1n) is 8.48. The molecular formula is C17H23N3O4. The molecule has 1 atom stereocenters. The molecule has 0 N–H and O–H groups in total. The van der Waals surface area contributed by atoms with Crippen LogP contribution in [0.4, 0.5) is 0 Å². The minimum Gasteiger partial charge on any atom is -0.472 e. The van der Waals surface area contributed by atoms with Gasteiger partial charge < -0.3 is 19.1 Å². The molecule has 0 bridgehead atoms. The molecule has 2 aliphatic rings. The zero-order valence-corrected chi connectivity index (χ0v) is 13.9. The molecule has 3 heterocycles. The van der Waals surface area contributed by atoms with Crippen LogP contribution in [0.2, 0.25) is 0 Å². The fourth-order valence-electron chi connectivity index (χ4n) is 3.41.